The zero-order chi connectivity index (χ0) is 15.5. The van der Waals surface area contributed by atoms with Crippen molar-refractivity contribution in [2.45, 2.75) is 13.0 Å². The molecule has 1 aliphatic heterocycles. The second-order valence-corrected chi connectivity index (χ2v) is 5.13. The number of ether oxygens (including phenoxy) is 1. The number of benzene rings is 1. The van der Waals surface area contributed by atoms with Crippen molar-refractivity contribution in [1.29, 1.82) is 0 Å². The largest absolute Gasteiger partial charge is 0.496 e. The summed E-state index contributed by atoms with van der Waals surface area (Å²) in [6, 6.07) is 9.63. The summed E-state index contributed by atoms with van der Waals surface area (Å²) in [6.45, 7) is 1.61. The molecule has 0 aliphatic carbocycles. The highest BCUT2D eigenvalue weighted by Crippen LogP contribution is 2.29. The van der Waals surface area contributed by atoms with Gasteiger partial charge in [0.1, 0.15) is 5.75 Å². The number of hydrogen-bond donors (Lipinski definition) is 1. The van der Waals surface area contributed by atoms with E-state index in [0.29, 0.717) is 5.69 Å². The maximum Gasteiger partial charge on any atom is 0.271 e. The Labute approximate surface area is 129 Å². The van der Waals surface area contributed by atoms with Crippen LogP contribution in [0.3, 0.4) is 0 Å². The smallest absolute Gasteiger partial charge is 0.271 e. The second kappa shape index (κ2) is 6.01. The van der Waals surface area contributed by atoms with Crippen LogP contribution in [-0.2, 0) is 13.0 Å². The molecule has 6 nitrogen and oxygen atoms in total. The molecule has 0 spiro atoms. The number of carbonyl (C=O) groups excluding carboxylic acids is 1. The molecule has 6 heteroatoms. The van der Waals surface area contributed by atoms with Crippen molar-refractivity contribution >= 4 is 11.7 Å². The lowest BCUT2D eigenvalue weighted by molar-refractivity contribution is 0.0957. The first-order valence-corrected chi connectivity index (χ1v) is 7.18. The molecule has 0 fully saturated rings. The molecule has 0 bridgehead atoms. The van der Waals surface area contributed by atoms with Gasteiger partial charge in [0.05, 0.1) is 7.11 Å². The topological polar surface area (TPSA) is 67.4 Å². The molecule has 2 aromatic rings. The number of aromatic nitrogens is 2. The number of rotatable bonds is 3. The molecular formula is C16H18N4O2. The average molecular weight is 298 g/mol. The number of anilines is 1. The van der Waals surface area contributed by atoms with Gasteiger partial charge in [-0.3, -0.25) is 4.79 Å². The Hall–Kier alpha value is -2.63. The predicted molar refractivity (Wildman–Crippen MR) is 83.2 cm³/mol. The number of nitrogens with zero attached hydrogens (tertiary/aromatic N) is 3. The van der Waals surface area contributed by atoms with Crippen LogP contribution in [0.15, 0.2) is 30.3 Å². The van der Waals surface area contributed by atoms with E-state index in [0.717, 1.165) is 31.1 Å². The molecule has 22 heavy (non-hydrogen) atoms. The summed E-state index contributed by atoms with van der Waals surface area (Å²) in [5, 5.41) is 10.7. The van der Waals surface area contributed by atoms with E-state index in [4.69, 9.17) is 4.74 Å². The van der Waals surface area contributed by atoms with Crippen molar-refractivity contribution in [1.82, 2.24) is 15.5 Å². The molecule has 2 heterocycles. The number of amides is 1. The van der Waals surface area contributed by atoms with Gasteiger partial charge in [0.15, 0.2) is 11.5 Å². The van der Waals surface area contributed by atoms with E-state index in [1.165, 1.54) is 11.1 Å². The first kappa shape index (κ1) is 14.3. The van der Waals surface area contributed by atoms with Gasteiger partial charge in [0.25, 0.3) is 5.91 Å². The number of carbonyl (C=O) groups is 1. The lowest BCUT2D eigenvalue weighted by Gasteiger charge is -2.30. The summed E-state index contributed by atoms with van der Waals surface area (Å²) < 4.78 is 5.42. The highest BCUT2D eigenvalue weighted by molar-refractivity contribution is 5.91. The van der Waals surface area contributed by atoms with Gasteiger partial charge in [-0.2, -0.15) is 0 Å². The van der Waals surface area contributed by atoms with Crippen LogP contribution < -0.4 is 15.0 Å². The molecule has 0 saturated carbocycles. The van der Waals surface area contributed by atoms with E-state index in [9.17, 15) is 4.79 Å². The van der Waals surface area contributed by atoms with Gasteiger partial charge in [0, 0.05) is 25.7 Å². The zero-order valence-electron chi connectivity index (χ0n) is 12.7. The molecule has 0 radical (unpaired) electrons. The number of methoxy groups -OCH3 is 1. The monoisotopic (exact) mass is 298 g/mol. The van der Waals surface area contributed by atoms with Gasteiger partial charge in [-0.15, -0.1) is 10.2 Å². The van der Waals surface area contributed by atoms with Crippen LogP contribution in [0.25, 0.3) is 0 Å². The minimum absolute atomic E-state index is 0.229. The highest BCUT2D eigenvalue weighted by Gasteiger charge is 2.20. The van der Waals surface area contributed by atoms with E-state index < -0.39 is 0 Å². The third-order valence-corrected chi connectivity index (χ3v) is 3.88. The summed E-state index contributed by atoms with van der Waals surface area (Å²) in [7, 11) is 3.28. The summed E-state index contributed by atoms with van der Waals surface area (Å²) in [4.78, 5) is 13.6. The first-order chi connectivity index (χ1) is 10.7. The van der Waals surface area contributed by atoms with Crippen LogP contribution in [0.2, 0.25) is 0 Å². The summed E-state index contributed by atoms with van der Waals surface area (Å²) in [5.74, 6) is 1.49. The average Bonchev–Trinajstić information content (AvgIpc) is 2.60. The van der Waals surface area contributed by atoms with Gasteiger partial charge in [-0.1, -0.05) is 12.1 Å². The van der Waals surface area contributed by atoms with Crippen LogP contribution >= 0.6 is 0 Å². The highest BCUT2D eigenvalue weighted by atomic mass is 16.5. The van der Waals surface area contributed by atoms with Crippen LogP contribution in [0.1, 0.15) is 21.6 Å². The maximum atomic E-state index is 11.5. The van der Waals surface area contributed by atoms with Gasteiger partial charge in [0.2, 0.25) is 0 Å². The standard InChI is InChI=1S/C16H18N4O2/c1-17-16(21)13-6-7-15(19-18-13)20-9-8-12-11(10-20)4-3-5-14(12)22-2/h3-7H,8-10H2,1-2H3,(H,17,21). The van der Waals surface area contributed by atoms with Gasteiger partial charge in [-0.05, 0) is 30.2 Å². The lowest BCUT2D eigenvalue weighted by Crippen LogP contribution is -2.31. The van der Waals surface area contributed by atoms with Crippen molar-refractivity contribution in [2.24, 2.45) is 0 Å². The van der Waals surface area contributed by atoms with Crippen molar-refractivity contribution in [3.63, 3.8) is 0 Å². The maximum absolute atomic E-state index is 11.5. The van der Waals surface area contributed by atoms with Gasteiger partial charge in [-0.25, -0.2) is 0 Å². The molecule has 0 unspecified atom stereocenters. The molecule has 3 rings (SSSR count). The summed E-state index contributed by atoms with van der Waals surface area (Å²) in [5.41, 5.74) is 2.82. The minimum atomic E-state index is -0.229. The third kappa shape index (κ3) is 2.59. The van der Waals surface area contributed by atoms with Crippen LogP contribution in [0, 0.1) is 0 Å². The minimum Gasteiger partial charge on any atom is -0.496 e. The Morgan fingerprint density at radius 3 is 2.82 bits per heavy atom. The van der Waals surface area contributed by atoms with Crippen molar-refractivity contribution in [2.75, 3.05) is 25.6 Å². The van der Waals surface area contributed by atoms with E-state index in [1.807, 2.05) is 18.2 Å². The van der Waals surface area contributed by atoms with Crippen LogP contribution in [0.4, 0.5) is 5.82 Å². The van der Waals surface area contributed by atoms with Crippen molar-refractivity contribution < 1.29 is 9.53 Å². The summed E-state index contributed by atoms with van der Waals surface area (Å²) >= 11 is 0. The number of fused-ring (bicyclic) bond motifs is 1. The number of nitrogens with one attached hydrogen (secondary N) is 1. The fourth-order valence-corrected chi connectivity index (χ4v) is 2.70. The molecule has 0 atom stereocenters. The molecule has 114 valence electrons. The van der Waals surface area contributed by atoms with Crippen LogP contribution in [-0.4, -0.2) is 36.8 Å². The van der Waals surface area contributed by atoms with E-state index >= 15 is 0 Å². The van der Waals surface area contributed by atoms with Crippen LogP contribution in [0.5, 0.6) is 5.75 Å². The Morgan fingerprint density at radius 2 is 2.14 bits per heavy atom. The van der Waals surface area contributed by atoms with Crippen molar-refractivity contribution in [3.8, 4) is 5.75 Å². The Bertz CT molecular complexity index is 685. The molecule has 1 amide bonds. The normalized spacial score (nSPS) is 13.5. The third-order valence-electron chi connectivity index (χ3n) is 3.88. The fraction of sp³-hybridized carbons (Fsp3) is 0.312. The molecule has 1 aromatic heterocycles. The molecule has 0 saturated heterocycles. The lowest BCUT2D eigenvalue weighted by atomic mass is 9.99. The molecular weight excluding hydrogens is 280 g/mol. The second-order valence-electron chi connectivity index (χ2n) is 5.13. The summed E-state index contributed by atoms with van der Waals surface area (Å²) in [6.07, 6.45) is 0.901. The first-order valence-electron chi connectivity index (χ1n) is 7.18. The SMILES string of the molecule is CNC(=O)c1ccc(N2CCc3c(cccc3OC)C2)nn1. The number of hydrogen-bond acceptors (Lipinski definition) is 5. The van der Waals surface area contributed by atoms with E-state index in [-0.39, 0.29) is 5.91 Å². The van der Waals surface area contributed by atoms with Crippen molar-refractivity contribution in [3.05, 3.63) is 47.2 Å². The Kier molecular flexibility index (Phi) is 3.91. The molecule has 1 N–H and O–H groups in total. The zero-order valence-corrected chi connectivity index (χ0v) is 12.7. The molecule has 1 aromatic carbocycles. The Balaban J connectivity index is 1.81. The predicted octanol–water partition coefficient (Wildman–Crippen LogP) is 1.41. The van der Waals surface area contributed by atoms with Gasteiger partial charge >= 0.3 is 0 Å². The Morgan fingerprint density at radius 1 is 1.27 bits per heavy atom. The van der Waals surface area contributed by atoms with E-state index in [1.54, 1.807) is 20.2 Å². The molecule has 1 aliphatic rings. The quantitative estimate of drug-likeness (QED) is 0.928. The fourth-order valence-electron chi connectivity index (χ4n) is 2.70. The van der Waals surface area contributed by atoms with Gasteiger partial charge < -0.3 is 15.0 Å². The van der Waals surface area contributed by atoms with E-state index in [2.05, 4.69) is 26.5 Å².